The predicted octanol–water partition coefficient (Wildman–Crippen LogP) is 8.10. The zero-order valence-corrected chi connectivity index (χ0v) is 25.6. The van der Waals surface area contributed by atoms with Crippen molar-refractivity contribution in [3.8, 4) is 22.4 Å². The standard InChI is InChI=1S/C37H44N6O/c44-37-30-18-17-28(23-33(30)41-36(43-37)32-12-8-4-6-10-20-39-32)26-13-14-27-22-29(16-15-25(27)21-26)34-24-40-35(42-34)31-11-7-3-1-2-5-9-19-38-31/h13-18,21-24,31-32,38-39H,1-12,19-20H2,(H,40,42)(H,41,43,44). The summed E-state index contributed by atoms with van der Waals surface area (Å²) in [5.74, 6) is 1.80. The molecule has 2 atom stereocenters. The Hall–Kier alpha value is -3.81. The first-order valence-electron chi connectivity index (χ1n) is 16.8. The minimum atomic E-state index is -0.0651. The highest BCUT2D eigenvalue weighted by Gasteiger charge is 2.18. The zero-order chi connectivity index (χ0) is 29.7. The van der Waals surface area contributed by atoms with Gasteiger partial charge < -0.3 is 20.6 Å². The lowest BCUT2D eigenvalue weighted by molar-refractivity contribution is 0.413. The van der Waals surface area contributed by atoms with Crippen molar-refractivity contribution in [3.05, 3.63) is 82.8 Å². The molecule has 2 unspecified atom stereocenters. The van der Waals surface area contributed by atoms with Gasteiger partial charge in [0.15, 0.2) is 0 Å². The van der Waals surface area contributed by atoms with E-state index in [4.69, 9.17) is 9.97 Å². The number of aromatic amines is 2. The van der Waals surface area contributed by atoms with E-state index in [2.05, 4.69) is 63.1 Å². The van der Waals surface area contributed by atoms with Crippen LogP contribution >= 0.6 is 0 Å². The van der Waals surface area contributed by atoms with Crippen LogP contribution in [-0.2, 0) is 0 Å². The predicted molar refractivity (Wildman–Crippen MR) is 180 cm³/mol. The van der Waals surface area contributed by atoms with Crippen molar-refractivity contribution in [2.24, 2.45) is 0 Å². The monoisotopic (exact) mass is 588 g/mol. The van der Waals surface area contributed by atoms with E-state index in [0.717, 1.165) is 71.9 Å². The average Bonchev–Trinajstić information content (AvgIpc) is 3.53. The second-order valence-electron chi connectivity index (χ2n) is 12.8. The number of H-pyrrole nitrogens is 2. The van der Waals surface area contributed by atoms with Gasteiger partial charge in [-0.3, -0.25) is 4.79 Å². The first kappa shape index (κ1) is 28.9. The number of nitrogens with one attached hydrogen (secondary N) is 4. The van der Waals surface area contributed by atoms with Gasteiger partial charge in [-0.05, 0) is 84.9 Å². The second kappa shape index (κ2) is 13.4. The highest BCUT2D eigenvalue weighted by atomic mass is 16.1. The summed E-state index contributed by atoms with van der Waals surface area (Å²) in [4.78, 5) is 29.4. The fourth-order valence-electron chi connectivity index (χ4n) is 6.99. The van der Waals surface area contributed by atoms with E-state index in [1.54, 1.807) is 0 Å². The number of hydrogen-bond acceptors (Lipinski definition) is 5. The van der Waals surface area contributed by atoms with Crippen LogP contribution in [0, 0.1) is 0 Å². The van der Waals surface area contributed by atoms with Crippen molar-refractivity contribution in [2.75, 3.05) is 13.1 Å². The summed E-state index contributed by atoms with van der Waals surface area (Å²) in [5.41, 5.74) is 5.07. The zero-order valence-electron chi connectivity index (χ0n) is 25.6. The van der Waals surface area contributed by atoms with Gasteiger partial charge in [0.1, 0.15) is 11.6 Å². The van der Waals surface area contributed by atoms with Crippen LogP contribution < -0.4 is 16.2 Å². The summed E-state index contributed by atoms with van der Waals surface area (Å²) in [6.07, 6.45) is 16.8. The van der Waals surface area contributed by atoms with Gasteiger partial charge in [-0.2, -0.15) is 0 Å². The molecule has 7 rings (SSSR count). The maximum absolute atomic E-state index is 13.0. The van der Waals surface area contributed by atoms with Gasteiger partial charge in [0, 0.05) is 5.56 Å². The molecule has 0 radical (unpaired) electrons. The molecule has 4 N–H and O–H groups in total. The number of aromatic nitrogens is 4. The summed E-state index contributed by atoms with van der Waals surface area (Å²) in [7, 11) is 0. The normalized spacial score (nSPS) is 20.7. The van der Waals surface area contributed by atoms with Crippen LogP contribution in [0.25, 0.3) is 44.1 Å². The van der Waals surface area contributed by atoms with Crippen molar-refractivity contribution in [3.63, 3.8) is 0 Å². The van der Waals surface area contributed by atoms with Crippen molar-refractivity contribution in [1.29, 1.82) is 0 Å². The van der Waals surface area contributed by atoms with Crippen LogP contribution in [0.5, 0.6) is 0 Å². The highest BCUT2D eigenvalue weighted by Crippen LogP contribution is 2.30. The maximum Gasteiger partial charge on any atom is 0.258 e. The average molecular weight is 589 g/mol. The third kappa shape index (κ3) is 6.49. The second-order valence-corrected chi connectivity index (χ2v) is 12.8. The van der Waals surface area contributed by atoms with Crippen molar-refractivity contribution in [2.45, 2.75) is 89.1 Å². The first-order valence-corrected chi connectivity index (χ1v) is 16.8. The van der Waals surface area contributed by atoms with Crippen molar-refractivity contribution in [1.82, 2.24) is 30.6 Å². The minimum absolute atomic E-state index is 0.0651. The summed E-state index contributed by atoms with van der Waals surface area (Å²) in [6.45, 7) is 2.02. The smallest absolute Gasteiger partial charge is 0.258 e. The molecule has 3 aromatic carbocycles. The topological polar surface area (TPSA) is 98.5 Å². The van der Waals surface area contributed by atoms with Gasteiger partial charge in [-0.25, -0.2) is 9.97 Å². The molecule has 2 saturated heterocycles. The number of hydrogen-bond donors (Lipinski definition) is 4. The molecule has 228 valence electrons. The molecule has 2 aromatic heterocycles. The van der Waals surface area contributed by atoms with Gasteiger partial charge in [0.25, 0.3) is 5.56 Å². The third-order valence-electron chi connectivity index (χ3n) is 9.59. The van der Waals surface area contributed by atoms with E-state index in [1.165, 1.54) is 68.6 Å². The molecule has 7 nitrogen and oxygen atoms in total. The molecule has 0 amide bonds. The third-order valence-corrected chi connectivity index (χ3v) is 9.59. The van der Waals surface area contributed by atoms with Crippen LogP contribution in [0.3, 0.4) is 0 Å². The van der Waals surface area contributed by atoms with Crippen LogP contribution in [0.4, 0.5) is 0 Å². The minimum Gasteiger partial charge on any atom is -0.341 e. The quantitative estimate of drug-likeness (QED) is 0.170. The number of imidazole rings is 1. The SMILES string of the molecule is O=c1[nH]c(C2CCCCCCN2)nc2cc(-c3ccc4cc(-c5cnc(C6CCCCCCCCN6)[nH]5)ccc4c3)ccc12. The Labute approximate surface area is 259 Å². The van der Waals surface area contributed by atoms with E-state index in [0.29, 0.717) is 11.4 Å². The maximum atomic E-state index is 13.0. The summed E-state index contributed by atoms with van der Waals surface area (Å²) >= 11 is 0. The molecule has 0 aliphatic carbocycles. The van der Waals surface area contributed by atoms with E-state index in [1.807, 2.05) is 18.3 Å². The molecule has 0 spiro atoms. The van der Waals surface area contributed by atoms with Gasteiger partial charge in [0.05, 0.1) is 34.9 Å². The number of benzene rings is 3. The van der Waals surface area contributed by atoms with Crippen LogP contribution in [0.15, 0.2) is 65.6 Å². The molecule has 4 heterocycles. The van der Waals surface area contributed by atoms with E-state index in [9.17, 15) is 4.79 Å². The highest BCUT2D eigenvalue weighted by molar-refractivity contribution is 5.92. The van der Waals surface area contributed by atoms with Gasteiger partial charge in [-0.1, -0.05) is 81.7 Å². The molecular weight excluding hydrogens is 544 g/mol. The van der Waals surface area contributed by atoms with E-state index < -0.39 is 0 Å². The molecule has 44 heavy (non-hydrogen) atoms. The molecular formula is C37H44N6O. The van der Waals surface area contributed by atoms with E-state index >= 15 is 0 Å². The van der Waals surface area contributed by atoms with Crippen LogP contribution in [0.1, 0.15) is 101 Å². The van der Waals surface area contributed by atoms with E-state index in [-0.39, 0.29) is 11.6 Å². The fraction of sp³-hybridized carbons (Fsp3) is 0.432. The van der Waals surface area contributed by atoms with Crippen LogP contribution in [0.2, 0.25) is 0 Å². The molecule has 7 heteroatoms. The fourth-order valence-corrected chi connectivity index (χ4v) is 6.99. The van der Waals surface area contributed by atoms with Crippen LogP contribution in [-0.4, -0.2) is 33.0 Å². The summed E-state index contributed by atoms with van der Waals surface area (Å²) in [6, 6.07) is 19.6. The van der Waals surface area contributed by atoms with Gasteiger partial charge >= 0.3 is 0 Å². The Morgan fingerprint density at radius 3 is 1.93 bits per heavy atom. The number of nitrogens with zero attached hydrogens (tertiary/aromatic N) is 2. The summed E-state index contributed by atoms with van der Waals surface area (Å²) < 4.78 is 0. The Balaban J connectivity index is 1.13. The van der Waals surface area contributed by atoms with Crippen molar-refractivity contribution < 1.29 is 0 Å². The lowest BCUT2D eigenvalue weighted by Gasteiger charge is -2.20. The summed E-state index contributed by atoms with van der Waals surface area (Å²) in [5, 5.41) is 10.3. The van der Waals surface area contributed by atoms with Gasteiger partial charge in [0.2, 0.25) is 0 Å². The Morgan fingerprint density at radius 1 is 0.591 bits per heavy atom. The lowest BCUT2D eigenvalue weighted by Crippen LogP contribution is -2.27. The molecule has 5 aromatic rings. The molecule has 0 saturated carbocycles. The van der Waals surface area contributed by atoms with Crippen molar-refractivity contribution >= 4 is 21.7 Å². The largest absolute Gasteiger partial charge is 0.341 e. The Bertz CT molecular complexity index is 1770. The molecule has 2 aliphatic rings. The Morgan fingerprint density at radius 2 is 1.18 bits per heavy atom. The van der Waals surface area contributed by atoms with Gasteiger partial charge in [-0.15, -0.1) is 0 Å². The Kier molecular flexibility index (Phi) is 8.84. The lowest BCUT2D eigenvalue weighted by atomic mass is 9.98. The molecule has 0 bridgehead atoms. The molecule has 2 aliphatic heterocycles. The number of rotatable bonds is 4. The molecule has 2 fully saturated rings. The first-order chi connectivity index (χ1) is 21.7. The number of fused-ring (bicyclic) bond motifs is 2.